The van der Waals surface area contributed by atoms with Crippen LogP contribution in [0.2, 0.25) is 5.02 Å². The Labute approximate surface area is 187 Å². The summed E-state index contributed by atoms with van der Waals surface area (Å²) in [6, 6.07) is 11.9. The van der Waals surface area contributed by atoms with Gasteiger partial charge in [-0.25, -0.2) is 8.42 Å². The van der Waals surface area contributed by atoms with Gasteiger partial charge in [-0.2, -0.15) is 0 Å². The maximum absolute atomic E-state index is 13.1. The number of fused-ring (bicyclic) bond motifs is 1. The summed E-state index contributed by atoms with van der Waals surface area (Å²) < 4.78 is 35.8. The van der Waals surface area contributed by atoms with Gasteiger partial charge < -0.3 is 14.4 Å². The second-order valence-electron chi connectivity index (χ2n) is 7.85. The summed E-state index contributed by atoms with van der Waals surface area (Å²) >= 11 is 5.99. The first kappa shape index (κ1) is 21.9. The first-order chi connectivity index (χ1) is 14.8. The minimum atomic E-state index is -3.25. The number of piperazine rings is 1. The first-order valence-electron chi connectivity index (χ1n) is 10.0. The Morgan fingerprint density at radius 3 is 2.42 bits per heavy atom. The third-order valence-electron chi connectivity index (χ3n) is 5.96. The van der Waals surface area contributed by atoms with E-state index in [0.29, 0.717) is 23.7 Å². The van der Waals surface area contributed by atoms with Gasteiger partial charge in [-0.15, -0.1) is 0 Å². The van der Waals surface area contributed by atoms with Crippen molar-refractivity contribution in [3.05, 3.63) is 53.1 Å². The van der Waals surface area contributed by atoms with Crippen LogP contribution in [-0.2, 0) is 21.1 Å². The highest BCUT2D eigenvalue weighted by atomic mass is 35.5. The van der Waals surface area contributed by atoms with Crippen molar-refractivity contribution in [1.29, 1.82) is 0 Å². The minimum absolute atomic E-state index is 0.0367. The van der Waals surface area contributed by atoms with E-state index in [4.69, 9.17) is 21.1 Å². The van der Waals surface area contributed by atoms with Crippen molar-refractivity contribution in [3.63, 3.8) is 0 Å². The number of ether oxygens (including phenoxy) is 2. The van der Waals surface area contributed by atoms with E-state index in [2.05, 4.69) is 0 Å². The molecule has 2 aromatic rings. The molecule has 0 unspecified atom stereocenters. The van der Waals surface area contributed by atoms with Gasteiger partial charge in [0.1, 0.15) is 11.5 Å². The van der Waals surface area contributed by atoms with Gasteiger partial charge in [0, 0.05) is 23.3 Å². The summed E-state index contributed by atoms with van der Waals surface area (Å²) in [6.45, 7) is 0.700. The summed E-state index contributed by atoms with van der Waals surface area (Å²) in [5.74, 6) is 1.36. The SMILES string of the molecule is COc1ccc(OC)c(CCN2CC(=O)N(c3ccc(Cl)cc3)[C@H]3CS(=O)(=O)C[C@H]32)c1. The van der Waals surface area contributed by atoms with Crippen molar-refractivity contribution in [2.75, 3.05) is 43.7 Å². The number of carbonyl (C=O) groups is 1. The lowest BCUT2D eigenvalue weighted by Crippen LogP contribution is -2.62. The predicted octanol–water partition coefficient (Wildman–Crippen LogP) is 2.41. The van der Waals surface area contributed by atoms with Gasteiger partial charge in [-0.1, -0.05) is 11.6 Å². The molecule has 2 heterocycles. The number of nitrogens with zero attached hydrogens (tertiary/aromatic N) is 2. The highest BCUT2D eigenvalue weighted by molar-refractivity contribution is 7.91. The molecule has 0 radical (unpaired) electrons. The fraction of sp³-hybridized carbons (Fsp3) is 0.409. The van der Waals surface area contributed by atoms with E-state index in [1.54, 1.807) is 43.4 Å². The quantitative estimate of drug-likeness (QED) is 0.653. The summed E-state index contributed by atoms with van der Waals surface area (Å²) in [4.78, 5) is 16.7. The molecule has 0 bridgehead atoms. The predicted molar refractivity (Wildman–Crippen MR) is 120 cm³/mol. The number of rotatable bonds is 6. The van der Waals surface area contributed by atoms with Crippen molar-refractivity contribution < 1.29 is 22.7 Å². The molecule has 0 aliphatic carbocycles. The number of hydrogen-bond donors (Lipinski definition) is 0. The molecule has 2 saturated heterocycles. The Hall–Kier alpha value is -2.29. The highest BCUT2D eigenvalue weighted by Crippen LogP contribution is 2.33. The Balaban J connectivity index is 1.58. The van der Waals surface area contributed by atoms with Crippen LogP contribution < -0.4 is 14.4 Å². The molecule has 0 aromatic heterocycles. The number of amides is 1. The van der Waals surface area contributed by atoms with E-state index in [1.807, 2.05) is 23.1 Å². The summed E-state index contributed by atoms with van der Waals surface area (Å²) in [5, 5.41) is 0.567. The molecule has 2 atom stereocenters. The number of carbonyl (C=O) groups excluding carboxylic acids is 1. The molecule has 31 heavy (non-hydrogen) atoms. The average molecular weight is 465 g/mol. The molecule has 2 fully saturated rings. The van der Waals surface area contributed by atoms with E-state index in [1.165, 1.54) is 0 Å². The molecule has 2 aliphatic rings. The summed E-state index contributed by atoms with van der Waals surface area (Å²) in [5.41, 5.74) is 1.63. The zero-order chi connectivity index (χ0) is 22.2. The molecule has 1 amide bonds. The molecule has 0 N–H and O–H groups in total. The lowest BCUT2D eigenvalue weighted by Gasteiger charge is -2.43. The van der Waals surface area contributed by atoms with Crippen LogP contribution in [0.3, 0.4) is 0 Å². The van der Waals surface area contributed by atoms with Crippen LogP contribution in [0.1, 0.15) is 5.56 Å². The Kier molecular flexibility index (Phi) is 6.14. The number of hydrogen-bond acceptors (Lipinski definition) is 6. The standard InChI is InChI=1S/C22H25ClN2O5S/c1-29-18-7-8-21(30-2)15(11-18)9-10-24-12-22(26)25(17-5-3-16(23)4-6-17)20-14-31(27,28)13-19(20)24/h3-8,11,19-20H,9-10,12-14H2,1-2H3/t19-,20+/m1/s1. The maximum Gasteiger partial charge on any atom is 0.241 e. The Bertz CT molecular complexity index is 1070. The normalized spacial score (nSPS) is 22.9. The van der Waals surface area contributed by atoms with E-state index < -0.39 is 15.9 Å². The van der Waals surface area contributed by atoms with Gasteiger partial charge in [0.25, 0.3) is 0 Å². The molecular weight excluding hydrogens is 440 g/mol. The monoisotopic (exact) mass is 464 g/mol. The van der Waals surface area contributed by atoms with Gasteiger partial charge in [-0.3, -0.25) is 9.69 Å². The molecule has 0 spiro atoms. The second-order valence-corrected chi connectivity index (χ2v) is 10.4. The molecule has 4 rings (SSSR count). The molecule has 166 valence electrons. The van der Waals surface area contributed by atoms with Crippen LogP contribution in [0.15, 0.2) is 42.5 Å². The lowest BCUT2D eigenvalue weighted by molar-refractivity contribution is -0.123. The Morgan fingerprint density at radius 1 is 1.03 bits per heavy atom. The average Bonchev–Trinajstić information content (AvgIpc) is 3.07. The lowest BCUT2D eigenvalue weighted by atomic mass is 10.0. The number of halogens is 1. The van der Waals surface area contributed by atoms with Gasteiger partial charge in [-0.05, 0) is 54.4 Å². The van der Waals surface area contributed by atoms with Gasteiger partial charge in [0.05, 0.1) is 38.3 Å². The molecule has 0 saturated carbocycles. The van der Waals surface area contributed by atoms with Crippen LogP contribution in [0.25, 0.3) is 0 Å². The maximum atomic E-state index is 13.1. The van der Waals surface area contributed by atoms with Gasteiger partial charge in [0.15, 0.2) is 9.84 Å². The zero-order valence-electron chi connectivity index (χ0n) is 17.5. The number of benzene rings is 2. The first-order valence-corrected chi connectivity index (χ1v) is 12.2. The summed E-state index contributed by atoms with van der Waals surface area (Å²) in [6.07, 6.45) is 0.609. The largest absolute Gasteiger partial charge is 0.497 e. The zero-order valence-corrected chi connectivity index (χ0v) is 19.0. The smallest absolute Gasteiger partial charge is 0.241 e. The fourth-order valence-electron chi connectivity index (χ4n) is 4.48. The Morgan fingerprint density at radius 2 is 1.74 bits per heavy atom. The van der Waals surface area contributed by atoms with Crippen LogP contribution in [0, 0.1) is 0 Å². The number of sulfone groups is 1. The molecular formula is C22H25ClN2O5S. The summed E-state index contributed by atoms with van der Waals surface area (Å²) in [7, 11) is -0.0312. The van der Waals surface area contributed by atoms with E-state index in [0.717, 1.165) is 17.1 Å². The van der Waals surface area contributed by atoms with Crippen molar-refractivity contribution in [3.8, 4) is 11.5 Å². The topological polar surface area (TPSA) is 76.2 Å². The van der Waals surface area contributed by atoms with E-state index in [9.17, 15) is 13.2 Å². The number of anilines is 1. The van der Waals surface area contributed by atoms with Gasteiger partial charge >= 0.3 is 0 Å². The van der Waals surface area contributed by atoms with E-state index >= 15 is 0 Å². The van der Waals surface area contributed by atoms with Crippen LogP contribution in [0.5, 0.6) is 11.5 Å². The fourth-order valence-corrected chi connectivity index (χ4v) is 6.59. The molecule has 2 aromatic carbocycles. The van der Waals surface area contributed by atoms with Crippen molar-refractivity contribution in [2.24, 2.45) is 0 Å². The number of methoxy groups -OCH3 is 2. The van der Waals surface area contributed by atoms with Crippen LogP contribution in [-0.4, -0.2) is 70.1 Å². The van der Waals surface area contributed by atoms with Crippen molar-refractivity contribution >= 4 is 33.0 Å². The minimum Gasteiger partial charge on any atom is -0.497 e. The molecule has 9 heteroatoms. The van der Waals surface area contributed by atoms with Crippen molar-refractivity contribution in [1.82, 2.24) is 4.90 Å². The van der Waals surface area contributed by atoms with Crippen LogP contribution >= 0.6 is 11.6 Å². The van der Waals surface area contributed by atoms with Crippen LogP contribution in [0.4, 0.5) is 5.69 Å². The van der Waals surface area contributed by atoms with Gasteiger partial charge in [0.2, 0.25) is 5.91 Å². The van der Waals surface area contributed by atoms with Crippen molar-refractivity contribution in [2.45, 2.75) is 18.5 Å². The highest BCUT2D eigenvalue weighted by Gasteiger charge is 2.49. The molecule has 7 nitrogen and oxygen atoms in total. The molecule has 2 aliphatic heterocycles. The van der Waals surface area contributed by atoms with E-state index in [-0.39, 0.29) is 30.0 Å². The third-order valence-corrected chi connectivity index (χ3v) is 7.91. The second kappa shape index (κ2) is 8.68. The third kappa shape index (κ3) is 4.51.